The molecule has 0 aromatic heterocycles. The van der Waals surface area contributed by atoms with Crippen LogP contribution >= 0.6 is 0 Å². The Morgan fingerprint density at radius 1 is 1.60 bits per heavy atom. The SMILES string of the molecule is CC(c1cccc(F)c1)N1CCNC(=O)C1CC(=O)O. The van der Waals surface area contributed by atoms with Crippen LogP contribution in [0.3, 0.4) is 0 Å². The molecular formula is C14H17FN2O3. The van der Waals surface area contributed by atoms with Crippen LogP contribution in [0.2, 0.25) is 0 Å². The van der Waals surface area contributed by atoms with E-state index in [0.717, 1.165) is 5.56 Å². The summed E-state index contributed by atoms with van der Waals surface area (Å²) >= 11 is 0. The molecule has 2 unspecified atom stereocenters. The summed E-state index contributed by atoms with van der Waals surface area (Å²) in [5, 5.41) is 11.6. The summed E-state index contributed by atoms with van der Waals surface area (Å²) in [6.07, 6.45) is -0.258. The Morgan fingerprint density at radius 3 is 3.00 bits per heavy atom. The third-order valence-corrected chi connectivity index (χ3v) is 3.57. The predicted octanol–water partition coefficient (Wildman–Crippen LogP) is 1.16. The van der Waals surface area contributed by atoms with Gasteiger partial charge in [0.15, 0.2) is 0 Å². The van der Waals surface area contributed by atoms with Gasteiger partial charge in [-0.15, -0.1) is 0 Å². The second-order valence-electron chi connectivity index (χ2n) is 4.87. The third kappa shape index (κ3) is 3.14. The molecule has 1 aliphatic rings. The highest BCUT2D eigenvalue weighted by molar-refractivity contribution is 5.86. The van der Waals surface area contributed by atoms with Crippen molar-refractivity contribution < 1.29 is 19.1 Å². The first-order valence-corrected chi connectivity index (χ1v) is 6.49. The van der Waals surface area contributed by atoms with Crippen LogP contribution in [-0.4, -0.2) is 41.0 Å². The molecule has 1 aromatic carbocycles. The Labute approximate surface area is 116 Å². The van der Waals surface area contributed by atoms with Crippen molar-refractivity contribution >= 4 is 11.9 Å². The number of benzene rings is 1. The fourth-order valence-electron chi connectivity index (χ4n) is 2.53. The number of amides is 1. The number of hydrogen-bond acceptors (Lipinski definition) is 3. The summed E-state index contributed by atoms with van der Waals surface area (Å²) in [6, 6.07) is 5.21. The van der Waals surface area contributed by atoms with E-state index in [0.29, 0.717) is 13.1 Å². The van der Waals surface area contributed by atoms with Gasteiger partial charge in [0.05, 0.1) is 6.42 Å². The quantitative estimate of drug-likeness (QED) is 0.868. The van der Waals surface area contributed by atoms with Crippen molar-refractivity contribution in [3.05, 3.63) is 35.6 Å². The average Bonchev–Trinajstić information content (AvgIpc) is 2.40. The largest absolute Gasteiger partial charge is 0.481 e. The van der Waals surface area contributed by atoms with E-state index in [9.17, 15) is 14.0 Å². The lowest BCUT2D eigenvalue weighted by atomic mass is 10.0. The maximum Gasteiger partial charge on any atom is 0.305 e. The van der Waals surface area contributed by atoms with Crippen LogP contribution in [0, 0.1) is 5.82 Å². The molecular weight excluding hydrogens is 263 g/mol. The van der Waals surface area contributed by atoms with Crippen LogP contribution in [0.5, 0.6) is 0 Å². The Balaban J connectivity index is 2.23. The Morgan fingerprint density at radius 2 is 2.35 bits per heavy atom. The zero-order chi connectivity index (χ0) is 14.7. The van der Waals surface area contributed by atoms with Crippen molar-refractivity contribution in [3.8, 4) is 0 Å². The number of rotatable bonds is 4. The number of carboxylic acids is 1. The molecule has 2 atom stereocenters. The topological polar surface area (TPSA) is 69.6 Å². The minimum Gasteiger partial charge on any atom is -0.481 e. The average molecular weight is 280 g/mol. The van der Waals surface area contributed by atoms with Gasteiger partial charge in [0.2, 0.25) is 5.91 Å². The van der Waals surface area contributed by atoms with Gasteiger partial charge < -0.3 is 10.4 Å². The highest BCUT2D eigenvalue weighted by Crippen LogP contribution is 2.25. The molecule has 0 radical (unpaired) electrons. The predicted molar refractivity (Wildman–Crippen MR) is 70.6 cm³/mol. The number of hydrogen-bond donors (Lipinski definition) is 2. The van der Waals surface area contributed by atoms with Gasteiger partial charge in [-0.05, 0) is 24.6 Å². The lowest BCUT2D eigenvalue weighted by Crippen LogP contribution is -2.56. The number of carbonyl (C=O) groups excluding carboxylic acids is 1. The molecule has 2 N–H and O–H groups in total. The van der Waals surface area contributed by atoms with E-state index in [1.807, 2.05) is 11.8 Å². The van der Waals surface area contributed by atoms with E-state index < -0.39 is 12.0 Å². The number of nitrogens with zero attached hydrogens (tertiary/aromatic N) is 1. The second-order valence-corrected chi connectivity index (χ2v) is 4.87. The molecule has 20 heavy (non-hydrogen) atoms. The van der Waals surface area contributed by atoms with Crippen LogP contribution < -0.4 is 5.32 Å². The molecule has 2 rings (SSSR count). The van der Waals surface area contributed by atoms with E-state index in [2.05, 4.69) is 5.32 Å². The second kappa shape index (κ2) is 6.00. The lowest BCUT2D eigenvalue weighted by molar-refractivity contribution is -0.143. The van der Waals surface area contributed by atoms with E-state index >= 15 is 0 Å². The van der Waals surface area contributed by atoms with Crippen molar-refractivity contribution in [2.75, 3.05) is 13.1 Å². The Hall–Kier alpha value is -1.95. The molecule has 1 fully saturated rings. The highest BCUT2D eigenvalue weighted by atomic mass is 19.1. The van der Waals surface area contributed by atoms with Crippen molar-refractivity contribution in [1.29, 1.82) is 0 Å². The summed E-state index contributed by atoms with van der Waals surface area (Å²) in [5.74, 6) is -1.66. The molecule has 5 nitrogen and oxygen atoms in total. The third-order valence-electron chi connectivity index (χ3n) is 3.57. The Kier molecular flexibility index (Phi) is 4.34. The number of carboxylic acid groups (broad SMARTS) is 1. The zero-order valence-corrected chi connectivity index (χ0v) is 11.2. The number of piperazine rings is 1. The standard InChI is InChI=1S/C14H17FN2O3/c1-9(10-3-2-4-11(15)7-10)17-6-5-16-14(20)12(17)8-13(18)19/h2-4,7,9,12H,5-6,8H2,1H3,(H,16,20)(H,18,19). The minimum atomic E-state index is -1.02. The van der Waals surface area contributed by atoms with E-state index in [1.54, 1.807) is 12.1 Å². The zero-order valence-electron chi connectivity index (χ0n) is 11.2. The summed E-state index contributed by atoms with van der Waals surface area (Å²) in [6.45, 7) is 2.86. The maximum absolute atomic E-state index is 13.3. The van der Waals surface area contributed by atoms with E-state index in [1.165, 1.54) is 12.1 Å². The number of nitrogens with one attached hydrogen (secondary N) is 1. The number of carbonyl (C=O) groups is 2. The minimum absolute atomic E-state index is 0.221. The van der Waals surface area contributed by atoms with Crippen LogP contribution in [0.25, 0.3) is 0 Å². The molecule has 1 saturated heterocycles. The first kappa shape index (κ1) is 14.5. The summed E-state index contributed by atoms with van der Waals surface area (Å²) in [5.41, 5.74) is 0.732. The van der Waals surface area contributed by atoms with Gasteiger partial charge >= 0.3 is 5.97 Å². The lowest BCUT2D eigenvalue weighted by Gasteiger charge is -2.38. The number of aliphatic carboxylic acids is 1. The fourth-order valence-corrected chi connectivity index (χ4v) is 2.53. The van der Waals surface area contributed by atoms with Gasteiger partial charge in [-0.2, -0.15) is 0 Å². The Bertz CT molecular complexity index is 521. The van der Waals surface area contributed by atoms with Gasteiger partial charge in [-0.1, -0.05) is 12.1 Å². The molecule has 108 valence electrons. The molecule has 0 spiro atoms. The molecule has 6 heteroatoms. The summed E-state index contributed by atoms with van der Waals surface area (Å²) < 4.78 is 13.3. The summed E-state index contributed by atoms with van der Waals surface area (Å²) in [7, 11) is 0. The van der Waals surface area contributed by atoms with Crippen molar-refractivity contribution in [3.63, 3.8) is 0 Å². The molecule has 0 aliphatic carbocycles. The molecule has 1 heterocycles. The first-order chi connectivity index (χ1) is 9.49. The van der Waals surface area contributed by atoms with E-state index in [-0.39, 0.29) is 24.2 Å². The van der Waals surface area contributed by atoms with Gasteiger partial charge in [-0.3, -0.25) is 14.5 Å². The van der Waals surface area contributed by atoms with Crippen LogP contribution in [0.4, 0.5) is 4.39 Å². The maximum atomic E-state index is 13.3. The van der Waals surface area contributed by atoms with Crippen LogP contribution in [0.1, 0.15) is 24.9 Å². The van der Waals surface area contributed by atoms with Gasteiger partial charge in [0.25, 0.3) is 0 Å². The normalized spacial score (nSPS) is 21.3. The van der Waals surface area contributed by atoms with Crippen LogP contribution in [-0.2, 0) is 9.59 Å². The molecule has 0 saturated carbocycles. The van der Waals surface area contributed by atoms with Gasteiger partial charge in [0.1, 0.15) is 11.9 Å². The monoisotopic (exact) mass is 280 g/mol. The first-order valence-electron chi connectivity index (χ1n) is 6.49. The number of halogens is 1. The van der Waals surface area contributed by atoms with E-state index in [4.69, 9.17) is 5.11 Å². The molecule has 1 aliphatic heterocycles. The molecule has 1 amide bonds. The molecule has 1 aromatic rings. The van der Waals surface area contributed by atoms with Gasteiger partial charge in [-0.25, -0.2) is 4.39 Å². The molecule has 0 bridgehead atoms. The smallest absolute Gasteiger partial charge is 0.305 e. The summed E-state index contributed by atoms with van der Waals surface area (Å²) in [4.78, 5) is 24.6. The van der Waals surface area contributed by atoms with Crippen molar-refractivity contribution in [1.82, 2.24) is 10.2 Å². The fraction of sp³-hybridized carbons (Fsp3) is 0.429. The van der Waals surface area contributed by atoms with Gasteiger partial charge in [0, 0.05) is 19.1 Å². The van der Waals surface area contributed by atoms with Crippen molar-refractivity contribution in [2.45, 2.75) is 25.4 Å². The van der Waals surface area contributed by atoms with Crippen LogP contribution in [0.15, 0.2) is 24.3 Å². The highest BCUT2D eigenvalue weighted by Gasteiger charge is 2.34. The van der Waals surface area contributed by atoms with Crippen molar-refractivity contribution in [2.24, 2.45) is 0 Å².